The van der Waals surface area contributed by atoms with Crippen molar-refractivity contribution < 1.29 is 14.1 Å². The van der Waals surface area contributed by atoms with E-state index >= 15 is 0 Å². The molecule has 3 rings (SSSR count). The number of imide groups is 1. The lowest BCUT2D eigenvalue weighted by Crippen LogP contribution is -2.62. The van der Waals surface area contributed by atoms with Crippen LogP contribution in [0, 0.1) is 5.92 Å². The van der Waals surface area contributed by atoms with Gasteiger partial charge >= 0.3 is 0 Å². The van der Waals surface area contributed by atoms with E-state index in [1.807, 2.05) is 0 Å². The molecule has 3 aliphatic rings. The van der Waals surface area contributed by atoms with Gasteiger partial charge < -0.3 is 4.48 Å². The fourth-order valence-electron chi connectivity index (χ4n) is 4.68. The number of quaternary nitrogens is 1. The van der Waals surface area contributed by atoms with Crippen molar-refractivity contribution in [3.8, 4) is 0 Å². The zero-order valence-electron chi connectivity index (χ0n) is 12.6. The topological polar surface area (TPSA) is 37.4 Å². The quantitative estimate of drug-likeness (QED) is 0.572. The van der Waals surface area contributed by atoms with Gasteiger partial charge in [-0.15, -0.1) is 0 Å². The Labute approximate surface area is 121 Å². The van der Waals surface area contributed by atoms with Gasteiger partial charge in [-0.3, -0.25) is 14.5 Å². The number of amides is 2. The Kier molecular flexibility index (Phi) is 3.85. The van der Waals surface area contributed by atoms with Crippen LogP contribution in [0.3, 0.4) is 0 Å². The fraction of sp³-hybridized carbons (Fsp3) is 0.875. The summed E-state index contributed by atoms with van der Waals surface area (Å²) < 4.78 is 1.18. The van der Waals surface area contributed by atoms with E-state index in [0.717, 1.165) is 6.42 Å². The number of carbonyl (C=O) groups excluding carboxylic acids is 2. The van der Waals surface area contributed by atoms with Crippen molar-refractivity contribution >= 4 is 11.8 Å². The monoisotopic (exact) mass is 279 g/mol. The second kappa shape index (κ2) is 5.47. The Balaban J connectivity index is 1.72. The number of piperidine rings is 3. The molecule has 3 saturated heterocycles. The molecule has 3 fully saturated rings. The third-order valence-electron chi connectivity index (χ3n) is 5.81. The summed E-state index contributed by atoms with van der Waals surface area (Å²) in [6.07, 6.45) is 8.24. The molecule has 0 aromatic heterocycles. The third-order valence-corrected chi connectivity index (χ3v) is 5.81. The molecule has 4 nitrogen and oxygen atoms in total. The van der Waals surface area contributed by atoms with Crippen LogP contribution in [-0.4, -0.2) is 53.9 Å². The zero-order chi connectivity index (χ0) is 14.2. The minimum Gasteiger partial charge on any atom is -0.323 e. The lowest BCUT2D eigenvalue weighted by Gasteiger charge is -2.51. The van der Waals surface area contributed by atoms with E-state index < -0.39 is 0 Å². The Morgan fingerprint density at radius 1 is 1.00 bits per heavy atom. The van der Waals surface area contributed by atoms with Crippen LogP contribution in [0.1, 0.15) is 51.4 Å². The van der Waals surface area contributed by atoms with Crippen LogP contribution in [-0.2, 0) is 9.59 Å². The maximum Gasteiger partial charge on any atom is 0.229 e. The van der Waals surface area contributed by atoms with Crippen LogP contribution in [0.5, 0.6) is 0 Å². The molecule has 2 amide bonds. The van der Waals surface area contributed by atoms with Crippen LogP contribution < -0.4 is 0 Å². The highest BCUT2D eigenvalue weighted by molar-refractivity contribution is 5.97. The predicted octanol–water partition coefficient (Wildman–Crippen LogP) is 1.93. The first kappa shape index (κ1) is 14.1. The van der Waals surface area contributed by atoms with Gasteiger partial charge in [0.15, 0.2) is 0 Å². The SMILES string of the molecule is C[N+]12CCCC[C@H]1[C@H](CN1C(=O)CCCC1=O)CCC2. The average molecular weight is 279 g/mol. The van der Waals surface area contributed by atoms with Gasteiger partial charge in [-0.05, 0) is 32.1 Å². The minimum absolute atomic E-state index is 0.0665. The maximum atomic E-state index is 12.0. The molecule has 0 N–H and O–H groups in total. The molecule has 0 spiro atoms. The molecule has 3 heterocycles. The van der Waals surface area contributed by atoms with Crippen LogP contribution in [0.4, 0.5) is 0 Å². The van der Waals surface area contributed by atoms with Crippen molar-refractivity contribution in [1.29, 1.82) is 0 Å². The molecule has 0 aliphatic carbocycles. The molecule has 20 heavy (non-hydrogen) atoms. The van der Waals surface area contributed by atoms with Gasteiger partial charge in [0, 0.05) is 31.7 Å². The van der Waals surface area contributed by atoms with Crippen molar-refractivity contribution in [3.05, 3.63) is 0 Å². The second-order valence-electron chi connectivity index (χ2n) is 7.14. The zero-order valence-corrected chi connectivity index (χ0v) is 12.6. The van der Waals surface area contributed by atoms with Crippen LogP contribution >= 0.6 is 0 Å². The summed E-state index contributed by atoms with van der Waals surface area (Å²) in [5.41, 5.74) is 0. The summed E-state index contributed by atoms with van der Waals surface area (Å²) in [5.74, 6) is 0.661. The Bertz CT molecular complexity index is 389. The first-order valence-electron chi connectivity index (χ1n) is 8.27. The van der Waals surface area contributed by atoms with Crippen molar-refractivity contribution in [2.45, 2.75) is 57.4 Å². The molecule has 112 valence electrons. The summed E-state index contributed by atoms with van der Waals surface area (Å²) in [5, 5.41) is 0. The first-order valence-corrected chi connectivity index (χ1v) is 8.27. The van der Waals surface area contributed by atoms with E-state index in [4.69, 9.17) is 0 Å². The lowest BCUT2D eigenvalue weighted by atomic mass is 9.81. The Hall–Kier alpha value is -0.900. The largest absolute Gasteiger partial charge is 0.323 e. The molecule has 0 bridgehead atoms. The van der Waals surface area contributed by atoms with E-state index in [0.29, 0.717) is 31.3 Å². The molecular weight excluding hydrogens is 252 g/mol. The van der Waals surface area contributed by atoms with Crippen molar-refractivity contribution in [2.24, 2.45) is 5.92 Å². The van der Waals surface area contributed by atoms with E-state index in [2.05, 4.69) is 7.05 Å². The summed E-state index contributed by atoms with van der Waals surface area (Å²) >= 11 is 0. The highest BCUT2D eigenvalue weighted by atomic mass is 16.2. The van der Waals surface area contributed by atoms with Crippen LogP contribution in [0.2, 0.25) is 0 Å². The molecule has 0 aromatic rings. The van der Waals surface area contributed by atoms with Gasteiger partial charge in [0.1, 0.15) is 0 Å². The second-order valence-corrected chi connectivity index (χ2v) is 7.14. The molecule has 0 radical (unpaired) electrons. The van der Waals surface area contributed by atoms with E-state index in [-0.39, 0.29) is 11.8 Å². The fourth-order valence-corrected chi connectivity index (χ4v) is 4.68. The number of fused-ring (bicyclic) bond motifs is 1. The van der Waals surface area contributed by atoms with Gasteiger partial charge in [-0.25, -0.2) is 0 Å². The smallest absolute Gasteiger partial charge is 0.229 e. The van der Waals surface area contributed by atoms with E-state index in [9.17, 15) is 9.59 Å². The molecule has 1 unspecified atom stereocenters. The minimum atomic E-state index is 0.0665. The lowest BCUT2D eigenvalue weighted by molar-refractivity contribution is -0.947. The molecule has 4 heteroatoms. The summed E-state index contributed by atoms with van der Waals surface area (Å²) in [7, 11) is 2.38. The Morgan fingerprint density at radius 2 is 1.70 bits per heavy atom. The molecule has 0 saturated carbocycles. The predicted molar refractivity (Wildman–Crippen MR) is 76.9 cm³/mol. The van der Waals surface area contributed by atoms with Gasteiger partial charge in [0.05, 0.1) is 26.2 Å². The number of likely N-dealkylation sites (tertiary alicyclic amines) is 1. The number of rotatable bonds is 2. The Morgan fingerprint density at radius 3 is 2.45 bits per heavy atom. The average Bonchev–Trinajstić information content (AvgIpc) is 2.42. The van der Waals surface area contributed by atoms with Crippen LogP contribution in [0.25, 0.3) is 0 Å². The number of carbonyl (C=O) groups is 2. The van der Waals surface area contributed by atoms with Crippen LogP contribution in [0.15, 0.2) is 0 Å². The highest BCUT2D eigenvalue weighted by Gasteiger charge is 2.45. The summed E-state index contributed by atoms with van der Waals surface area (Å²) in [6.45, 7) is 3.25. The summed E-state index contributed by atoms with van der Waals surface area (Å²) in [4.78, 5) is 25.6. The maximum absolute atomic E-state index is 12.0. The normalized spacial score (nSPS) is 38.8. The van der Waals surface area contributed by atoms with Gasteiger partial charge in [-0.2, -0.15) is 0 Å². The summed E-state index contributed by atoms with van der Waals surface area (Å²) in [6, 6.07) is 0.667. The third kappa shape index (κ3) is 2.50. The highest BCUT2D eigenvalue weighted by Crippen LogP contribution is 2.36. The van der Waals surface area contributed by atoms with Crippen molar-refractivity contribution in [2.75, 3.05) is 26.7 Å². The van der Waals surface area contributed by atoms with Gasteiger partial charge in [0.25, 0.3) is 0 Å². The molecular formula is C16H27N2O2+. The van der Waals surface area contributed by atoms with E-state index in [1.165, 1.54) is 49.7 Å². The number of nitrogens with zero attached hydrogens (tertiary/aromatic N) is 2. The van der Waals surface area contributed by atoms with Gasteiger partial charge in [0.2, 0.25) is 11.8 Å². The number of hydrogen-bond acceptors (Lipinski definition) is 2. The molecule has 3 atom stereocenters. The van der Waals surface area contributed by atoms with E-state index in [1.54, 1.807) is 4.90 Å². The van der Waals surface area contributed by atoms with Crippen molar-refractivity contribution in [3.63, 3.8) is 0 Å². The van der Waals surface area contributed by atoms with Crippen molar-refractivity contribution in [1.82, 2.24) is 4.90 Å². The standard InChI is InChI=1S/C16H27N2O2/c1-18-10-3-2-7-14(18)13(6-5-11-18)12-17-15(19)8-4-9-16(17)20/h13-14H,2-12H2,1H3/q+1/t13-,14-,18?/m0/s1. The molecule has 0 aromatic carbocycles. The first-order chi connectivity index (χ1) is 9.60. The van der Waals surface area contributed by atoms with Gasteiger partial charge in [-0.1, -0.05) is 0 Å². The number of hydrogen-bond donors (Lipinski definition) is 0. The molecule has 3 aliphatic heterocycles.